The fourth-order valence-electron chi connectivity index (χ4n) is 4.08. The average Bonchev–Trinajstić information content (AvgIpc) is 3.27. The monoisotopic (exact) mass is 401 g/mol. The number of piperidine rings is 1. The maximum atomic E-state index is 12.9. The molecular formula is C20H27N5O2S. The van der Waals surface area contributed by atoms with Crippen LogP contribution < -0.4 is 10.9 Å². The van der Waals surface area contributed by atoms with E-state index in [1.54, 1.807) is 11.3 Å². The van der Waals surface area contributed by atoms with Gasteiger partial charge >= 0.3 is 0 Å². The van der Waals surface area contributed by atoms with Crippen LogP contribution in [0.5, 0.6) is 0 Å². The second kappa shape index (κ2) is 8.05. The molecule has 150 valence electrons. The summed E-state index contributed by atoms with van der Waals surface area (Å²) in [6.45, 7) is 6.75. The summed E-state index contributed by atoms with van der Waals surface area (Å²) >= 11 is 1.60. The van der Waals surface area contributed by atoms with Crippen LogP contribution in [0.2, 0.25) is 0 Å². The molecule has 0 saturated carbocycles. The molecule has 7 nitrogen and oxygen atoms in total. The summed E-state index contributed by atoms with van der Waals surface area (Å²) < 4.78 is 4.28. The van der Waals surface area contributed by atoms with Crippen molar-refractivity contribution < 1.29 is 4.79 Å². The van der Waals surface area contributed by atoms with E-state index in [0.29, 0.717) is 24.5 Å². The van der Waals surface area contributed by atoms with Crippen LogP contribution in [0.4, 0.5) is 0 Å². The SMILES string of the molecule is CCc1nn(CC(=O)NCCN2CCCCC2C)c(=O)c2cc3sccc3n12. The van der Waals surface area contributed by atoms with E-state index in [4.69, 9.17) is 0 Å². The number of nitrogens with one attached hydrogen (secondary N) is 1. The number of aryl methyl sites for hydroxylation is 1. The van der Waals surface area contributed by atoms with Crippen molar-refractivity contribution >= 4 is 33.0 Å². The summed E-state index contributed by atoms with van der Waals surface area (Å²) in [6.07, 6.45) is 4.43. The van der Waals surface area contributed by atoms with Crippen LogP contribution in [0, 0.1) is 0 Å². The zero-order valence-corrected chi connectivity index (χ0v) is 17.3. The molecule has 8 heteroatoms. The molecule has 1 atom stereocenters. The molecule has 1 N–H and O–H groups in total. The minimum Gasteiger partial charge on any atom is -0.353 e. The molecule has 1 amide bonds. The van der Waals surface area contributed by atoms with E-state index in [1.807, 2.05) is 28.8 Å². The molecule has 1 unspecified atom stereocenters. The number of nitrogens with zero attached hydrogens (tertiary/aromatic N) is 4. The molecule has 3 aromatic rings. The number of aromatic nitrogens is 3. The number of carbonyl (C=O) groups is 1. The molecule has 3 aromatic heterocycles. The second-order valence-corrected chi connectivity index (χ2v) is 8.45. The Labute approximate surface area is 167 Å². The van der Waals surface area contributed by atoms with E-state index in [1.165, 1.54) is 23.9 Å². The maximum Gasteiger partial charge on any atom is 0.291 e. The fraction of sp³-hybridized carbons (Fsp3) is 0.550. The Kier molecular flexibility index (Phi) is 5.50. The lowest BCUT2D eigenvalue weighted by Gasteiger charge is -2.33. The number of rotatable bonds is 6. The topological polar surface area (TPSA) is 71.6 Å². The van der Waals surface area contributed by atoms with Crippen molar-refractivity contribution in [2.45, 2.75) is 52.1 Å². The summed E-state index contributed by atoms with van der Waals surface area (Å²) in [6, 6.07) is 4.48. The Morgan fingerprint density at radius 2 is 2.21 bits per heavy atom. The van der Waals surface area contributed by atoms with Gasteiger partial charge in [0, 0.05) is 25.6 Å². The predicted octanol–water partition coefficient (Wildman–Crippen LogP) is 2.26. The molecule has 0 radical (unpaired) electrons. The molecule has 1 aliphatic heterocycles. The number of hydrogen-bond donors (Lipinski definition) is 1. The molecule has 0 aromatic carbocycles. The zero-order chi connectivity index (χ0) is 19.7. The lowest BCUT2D eigenvalue weighted by atomic mass is 10.0. The van der Waals surface area contributed by atoms with Gasteiger partial charge in [-0.15, -0.1) is 11.3 Å². The third-order valence-electron chi connectivity index (χ3n) is 5.64. The highest BCUT2D eigenvalue weighted by Crippen LogP contribution is 2.24. The van der Waals surface area contributed by atoms with Gasteiger partial charge < -0.3 is 5.32 Å². The first-order chi connectivity index (χ1) is 13.6. The van der Waals surface area contributed by atoms with Crippen molar-refractivity contribution in [3.63, 3.8) is 0 Å². The van der Waals surface area contributed by atoms with Gasteiger partial charge in [-0.2, -0.15) is 5.10 Å². The smallest absolute Gasteiger partial charge is 0.291 e. The van der Waals surface area contributed by atoms with Crippen LogP contribution in [-0.2, 0) is 17.8 Å². The Hall–Kier alpha value is -2.19. The number of carbonyl (C=O) groups excluding carboxylic acids is 1. The van der Waals surface area contributed by atoms with Crippen molar-refractivity contribution in [2.24, 2.45) is 0 Å². The van der Waals surface area contributed by atoms with Gasteiger partial charge in [-0.3, -0.25) is 18.9 Å². The van der Waals surface area contributed by atoms with Crippen molar-refractivity contribution in [1.29, 1.82) is 0 Å². The maximum absolute atomic E-state index is 12.9. The molecule has 4 rings (SSSR count). The molecule has 0 spiro atoms. The Balaban J connectivity index is 1.47. The van der Waals surface area contributed by atoms with Crippen LogP contribution in [0.1, 0.15) is 38.9 Å². The third-order valence-corrected chi connectivity index (χ3v) is 6.50. The van der Waals surface area contributed by atoms with Crippen LogP contribution in [-0.4, -0.2) is 50.7 Å². The molecule has 1 fully saturated rings. The van der Waals surface area contributed by atoms with E-state index in [9.17, 15) is 9.59 Å². The van der Waals surface area contributed by atoms with E-state index in [2.05, 4.69) is 22.2 Å². The van der Waals surface area contributed by atoms with E-state index in [0.717, 1.165) is 29.1 Å². The molecule has 1 saturated heterocycles. The van der Waals surface area contributed by atoms with Gasteiger partial charge in [-0.25, -0.2) is 4.68 Å². The van der Waals surface area contributed by atoms with E-state index in [-0.39, 0.29) is 18.0 Å². The molecule has 4 heterocycles. The van der Waals surface area contributed by atoms with Gasteiger partial charge in [0.15, 0.2) is 0 Å². The van der Waals surface area contributed by atoms with Gasteiger partial charge in [-0.05, 0) is 43.8 Å². The molecular weight excluding hydrogens is 374 g/mol. The van der Waals surface area contributed by atoms with Crippen LogP contribution in [0.3, 0.4) is 0 Å². The fourth-order valence-corrected chi connectivity index (χ4v) is 4.88. The molecule has 0 aliphatic carbocycles. The summed E-state index contributed by atoms with van der Waals surface area (Å²) in [4.78, 5) is 27.7. The molecule has 0 bridgehead atoms. The highest BCUT2D eigenvalue weighted by molar-refractivity contribution is 7.17. The lowest BCUT2D eigenvalue weighted by molar-refractivity contribution is -0.122. The number of amides is 1. The summed E-state index contributed by atoms with van der Waals surface area (Å²) in [7, 11) is 0. The Bertz CT molecular complexity index is 1050. The minimum absolute atomic E-state index is 0.0449. The lowest BCUT2D eigenvalue weighted by Crippen LogP contribution is -2.43. The van der Waals surface area contributed by atoms with E-state index < -0.39 is 0 Å². The van der Waals surface area contributed by atoms with Gasteiger partial charge in [-0.1, -0.05) is 13.3 Å². The molecule has 28 heavy (non-hydrogen) atoms. The highest BCUT2D eigenvalue weighted by Gasteiger charge is 2.18. The summed E-state index contributed by atoms with van der Waals surface area (Å²) in [5.41, 5.74) is 1.37. The largest absolute Gasteiger partial charge is 0.353 e. The van der Waals surface area contributed by atoms with Gasteiger partial charge in [0.2, 0.25) is 5.91 Å². The van der Waals surface area contributed by atoms with Crippen molar-refractivity contribution in [3.8, 4) is 0 Å². The van der Waals surface area contributed by atoms with Crippen LogP contribution in [0.25, 0.3) is 15.7 Å². The Morgan fingerprint density at radius 1 is 1.36 bits per heavy atom. The predicted molar refractivity (Wildman–Crippen MR) is 112 cm³/mol. The first kappa shape index (κ1) is 19.1. The number of hydrogen-bond acceptors (Lipinski definition) is 5. The first-order valence-electron chi connectivity index (χ1n) is 10.1. The standard InChI is InChI=1S/C20H27N5O2S/c1-3-18-22-24(20(27)16-12-17-15(25(16)18)7-11-28-17)13-19(26)21-8-10-23-9-5-4-6-14(23)2/h7,11-12,14H,3-6,8-10,13H2,1-2H3,(H,21,26). The average molecular weight is 402 g/mol. The number of thiophene rings is 1. The van der Waals surface area contributed by atoms with Crippen molar-refractivity contribution in [3.05, 3.63) is 33.7 Å². The van der Waals surface area contributed by atoms with Crippen LogP contribution >= 0.6 is 11.3 Å². The quantitative estimate of drug-likeness (QED) is 0.688. The van der Waals surface area contributed by atoms with Gasteiger partial charge in [0.05, 0.1) is 10.2 Å². The van der Waals surface area contributed by atoms with Gasteiger partial charge in [0.25, 0.3) is 5.56 Å². The van der Waals surface area contributed by atoms with Crippen molar-refractivity contribution in [2.75, 3.05) is 19.6 Å². The Morgan fingerprint density at radius 3 is 3.00 bits per heavy atom. The highest BCUT2D eigenvalue weighted by atomic mass is 32.1. The summed E-state index contributed by atoms with van der Waals surface area (Å²) in [5, 5.41) is 9.43. The number of likely N-dealkylation sites (tertiary alicyclic amines) is 1. The minimum atomic E-state index is -0.222. The van der Waals surface area contributed by atoms with Gasteiger partial charge in [0.1, 0.15) is 17.9 Å². The van der Waals surface area contributed by atoms with E-state index >= 15 is 0 Å². The third kappa shape index (κ3) is 3.58. The second-order valence-electron chi connectivity index (χ2n) is 7.50. The first-order valence-corrected chi connectivity index (χ1v) is 11.0. The normalized spacial score (nSPS) is 18.1. The van der Waals surface area contributed by atoms with Crippen molar-refractivity contribution in [1.82, 2.24) is 24.4 Å². The zero-order valence-electron chi connectivity index (χ0n) is 16.5. The molecule has 1 aliphatic rings. The number of fused-ring (bicyclic) bond motifs is 3. The summed E-state index contributed by atoms with van der Waals surface area (Å²) in [5.74, 6) is 0.622. The van der Waals surface area contributed by atoms with Crippen LogP contribution in [0.15, 0.2) is 22.3 Å².